The highest BCUT2D eigenvalue weighted by atomic mass is 127. The largest absolute Gasteiger partial charge is 0.493 e. The maximum atomic E-state index is 6.07. The quantitative estimate of drug-likeness (QED) is 0.361. The zero-order chi connectivity index (χ0) is 19.2. The maximum Gasteiger partial charge on any atom is 0.189 e. The molecule has 27 heavy (non-hydrogen) atoms. The number of nitrogens with zero attached hydrogens (tertiary/aromatic N) is 2. The zero-order valence-electron chi connectivity index (χ0n) is 16.9. The summed E-state index contributed by atoms with van der Waals surface area (Å²) in [6.07, 6.45) is 0. The molecule has 0 aromatic heterocycles. The van der Waals surface area contributed by atoms with Gasteiger partial charge in [-0.05, 0) is 38.5 Å². The minimum Gasteiger partial charge on any atom is -0.493 e. The van der Waals surface area contributed by atoms with Crippen molar-refractivity contribution < 1.29 is 14.2 Å². The van der Waals surface area contributed by atoms with E-state index in [1.54, 1.807) is 14.2 Å². The Labute approximate surface area is 179 Å². The highest BCUT2D eigenvalue weighted by molar-refractivity contribution is 14.0. The zero-order valence-corrected chi connectivity index (χ0v) is 19.3. The van der Waals surface area contributed by atoms with Crippen molar-refractivity contribution in [3.8, 4) is 11.5 Å². The SMILES string of the molecule is COc1ccc(C(CN=C(N)NC(C)(C)C)N2CCOCC2)cc1OC.I. The molecule has 1 aliphatic heterocycles. The highest BCUT2D eigenvalue weighted by Crippen LogP contribution is 2.32. The second-order valence-corrected chi connectivity index (χ2v) is 7.38. The van der Waals surface area contributed by atoms with Gasteiger partial charge in [-0.25, -0.2) is 0 Å². The fraction of sp³-hybridized carbons (Fsp3) is 0.632. The fourth-order valence-corrected chi connectivity index (χ4v) is 2.99. The van der Waals surface area contributed by atoms with Gasteiger partial charge in [0.1, 0.15) is 0 Å². The van der Waals surface area contributed by atoms with Crippen LogP contribution >= 0.6 is 24.0 Å². The van der Waals surface area contributed by atoms with Crippen LogP contribution in [-0.2, 0) is 4.74 Å². The standard InChI is InChI=1S/C19H32N4O3.HI/c1-19(2,3)22-18(20)21-13-15(23-8-10-26-11-9-23)14-6-7-16(24-4)17(12-14)25-5;/h6-7,12,15H,8-11,13H2,1-5H3,(H3,20,21,22);1H. The van der Waals surface area contributed by atoms with Crippen LogP contribution < -0.4 is 20.5 Å². The van der Waals surface area contributed by atoms with Crippen molar-refractivity contribution in [2.75, 3.05) is 47.1 Å². The molecule has 0 aliphatic carbocycles. The average Bonchev–Trinajstić information content (AvgIpc) is 2.61. The molecule has 1 atom stereocenters. The topological polar surface area (TPSA) is 81.3 Å². The predicted molar refractivity (Wildman–Crippen MR) is 119 cm³/mol. The molecule has 2 rings (SSSR count). The van der Waals surface area contributed by atoms with Gasteiger partial charge in [0.25, 0.3) is 0 Å². The normalized spacial score (nSPS) is 17.0. The number of aliphatic imine (C=N–C) groups is 1. The number of benzene rings is 1. The Morgan fingerprint density at radius 2 is 1.85 bits per heavy atom. The van der Waals surface area contributed by atoms with Crippen LogP contribution in [0.4, 0.5) is 0 Å². The summed E-state index contributed by atoms with van der Waals surface area (Å²) in [5.74, 6) is 1.89. The predicted octanol–water partition coefficient (Wildman–Crippen LogP) is 2.40. The molecular weight excluding hydrogens is 459 g/mol. The van der Waals surface area contributed by atoms with Crippen molar-refractivity contribution in [3.63, 3.8) is 0 Å². The van der Waals surface area contributed by atoms with E-state index in [9.17, 15) is 0 Å². The van der Waals surface area contributed by atoms with Crippen molar-refractivity contribution in [3.05, 3.63) is 23.8 Å². The Morgan fingerprint density at radius 3 is 2.41 bits per heavy atom. The number of hydrogen-bond donors (Lipinski definition) is 2. The first-order valence-electron chi connectivity index (χ1n) is 8.96. The second-order valence-electron chi connectivity index (χ2n) is 7.38. The molecule has 7 nitrogen and oxygen atoms in total. The molecule has 1 aromatic rings. The van der Waals surface area contributed by atoms with Crippen LogP contribution in [0.15, 0.2) is 23.2 Å². The molecular formula is C19H33IN4O3. The van der Waals surface area contributed by atoms with Crippen LogP contribution in [0.25, 0.3) is 0 Å². The van der Waals surface area contributed by atoms with E-state index >= 15 is 0 Å². The molecule has 0 saturated carbocycles. The van der Waals surface area contributed by atoms with E-state index < -0.39 is 0 Å². The van der Waals surface area contributed by atoms with Gasteiger partial charge in [0.15, 0.2) is 17.5 Å². The number of ether oxygens (including phenoxy) is 3. The van der Waals surface area contributed by atoms with Crippen molar-refractivity contribution in [1.82, 2.24) is 10.2 Å². The lowest BCUT2D eigenvalue weighted by Gasteiger charge is -2.34. The van der Waals surface area contributed by atoms with Crippen LogP contribution in [0.5, 0.6) is 11.5 Å². The van der Waals surface area contributed by atoms with Crippen LogP contribution in [0.1, 0.15) is 32.4 Å². The summed E-state index contributed by atoms with van der Waals surface area (Å²) < 4.78 is 16.3. The summed E-state index contributed by atoms with van der Waals surface area (Å²) in [6, 6.07) is 6.10. The minimum absolute atomic E-state index is 0. The third-order valence-corrected chi connectivity index (χ3v) is 4.22. The van der Waals surface area contributed by atoms with Gasteiger partial charge in [-0.15, -0.1) is 24.0 Å². The smallest absolute Gasteiger partial charge is 0.189 e. The van der Waals surface area contributed by atoms with Crippen LogP contribution in [-0.4, -0.2) is 63.5 Å². The molecule has 0 amide bonds. The van der Waals surface area contributed by atoms with Crippen LogP contribution in [0.3, 0.4) is 0 Å². The third-order valence-electron chi connectivity index (χ3n) is 4.22. The number of methoxy groups -OCH3 is 2. The molecule has 3 N–H and O–H groups in total. The Balaban J connectivity index is 0.00000364. The summed E-state index contributed by atoms with van der Waals surface area (Å²) in [5.41, 5.74) is 7.07. The van der Waals surface area contributed by atoms with Gasteiger partial charge in [-0.1, -0.05) is 6.07 Å². The molecule has 0 spiro atoms. The molecule has 1 unspecified atom stereocenters. The Kier molecular flexibility index (Phi) is 9.61. The molecule has 1 heterocycles. The van der Waals surface area contributed by atoms with Crippen LogP contribution in [0, 0.1) is 0 Å². The Hall–Kier alpha value is -1.26. The van der Waals surface area contributed by atoms with Gasteiger partial charge in [0.05, 0.1) is 40.0 Å². The maximum absolute atomic E-state index is 6.07. The number of rotatable bonds is 6. The monoisotopic (exact) mass is 492 g/mol. The van der Waals surface area contributed by atoms with Crippen molar-refractivity contribution in [2.45, 2.75) is 32.4 Å². The van der Waals surface area contributed by atoms with E-state index in [1.165, 1.54) is 0 Å². The van der Waals surface area contributed by atoms with Crippen LogP contribution in [0.2, 0.25) is 0 Å². The number of halogens is 1. The minimum atomic E-state index is -0.120. The van der Waals surface area contributed by atoms with Gasteiger partial charge in [0, 0.05) is 18.6 Å². The summed E-state index contributed by atoms with van der Waals surface area (Å²) in [6.45, 7) is 9.91. The first-order valence-corrected chi connectivity index (χ1v) is 8.96. The third kappa shape index (κ3) is 7.34. The first-order chi connectivity index (χ1) is 12.3. The highest BCUT2D eigenvalue weighted by Gasteiger charge is 2.24. The molecule has 1 fully saturated rings. The Morgan fingerprint density at radius 1 is 1.22 bits per heavy atom. The number of guanidine groups is 1. The lowest BCUT2D eigenvalue weighted by atomic mass is 10.0. The molecule has 8 heteroatoms. The van der Waals surface area contributed by atoms with E-state index in [2.05, 4.69) is 42.0 Å². The van der Waals surface area contributed by atoms with E-state index in [1.807, 2.05) is 12.1 Å². The van der Waals surface area contributed by atoms with E-state index in [0.717, 1.165) is 37.6 Å². The van der Waals surface area contributed by atoms with E-state index in [4.69, 9.17) is 19.9 Å². The summed E-state index contributed by atoms with van der Waals surface area (Å²) in [5, 5.41) is 3.21. The summed E-state index contributed by atoms with van der Waals surface area (Å²) >= 11 is 0. The fourth-order valence-electron chi connectivity index (χ4n) is 2.99. The molecule has 1 aromatic carbocycles. The van der Waals surface area contributed by atoms with Gasteiger partial charge in [0.2, 0.25) is 0 Å². The average molecular weight is 492 g/mol. The lowest BCUT2D eigenvalue weighted by molar-refractivity contribution is 0.0179. The number of nitrogens with one attached hydrogen (secondary N) is 1. The molecule has 1 saturated heterocycles. The van der Waals surface area contributed by atoms with Gasteiger partial charge in [-0.3, -0.25) is 9.89 Å². The number of hydrogen-bond acceptors (Lipinski definition) is 5. The Bertz CT molecular complexity index is 613. The first kappa shape index (κ1) is 23.8. The summed E-state index contributed by atoms with van der Waals surface area (Å²) in [7, 11) is 3.29. The van der Waals surface area contributed by atoms with Crippen molar-refractivity contribution in [2.24, 2.45) is 10.7 Å². The van der Waals surface area contributed by atoms with Gasteiger partial charge in [-0.2, -0.15) is 0 Å². The molecule has 0 bridgehead atoms. The van der Waals surface area contributed by atoms with E-state index in [0.29, 0.717) is 18.3 Å². The van der Waals surface area contributed by atoms with Crippen molar-refractivity contribution >= 4 is 29.9 Å². The van der Waals surface area contributed by atoms with Crippen molar-refractivity contribution in [1.29, 1.82) is 0 Å². The molecule has 154 valence electrons. The van der Waals surface area contributed by atoms with Gasteiger partial charge < -0.3 is 25.3 Å². The van der Waals surface area contributed by atoms with Gasteiger partial charge >= 0.3 is 0 Å². The number of nitrogens with two attached hydrogens (primary N) is 1. The lowest BCUT2D eigenvalue weighted by Crippen LogP contribution is -2.45. The number of morpholine rings is 1. The second kappa shape index (κ2) is 10.9. The molecule has 0 radical (unpaired) electrons. The summed E-state index contributed by atoms with van der Waals surface area (Å²) in [4.78, 5) is 6.96. The molecule has 1 aliphatic rings. The van der Waals surface area contributed by atoms with E-state index in [-0.39, 0.29) is 35.6 Å².